The molecule has 0 bridgehead atoms. The van der Waals surface area contributed by atoms with Crippen LogP contribution in [0.2, 0.25) is 5.02 Å². The zero-order valence-corrected chi connectivity index (χ0v) is 10.2. The van der Waals surface area contributed by atoms with E-state index in [-0.39, 0.29) is 5.17 Å². The molecular weight excluding hydrogens is 248 g/mol. The Hall–Kier alpha value is -0.710. The summed E-state index contributed by atoms with van der Waals surface area (Å²) in [5, 5.41) is 9.16. The van der Waals surface area contributed by atoms with Gasteiger partial charge in [-0.25, -0.2) is 0 Å². The number of hydrogen-bond donors (Lipinski definition) is 2. The summed E-state index contributed by atoms with van der Waals surface area (Å²) in [6.45, 7) is 0. The van der Waals surface area contributed by atoms with E-state index < -0.39 is 0 Å². The highest BCUT2D eigenvalue weighted by atomic mass is 35.5. The van der Waals surface area contributed by atoms with Crippen molar-refractivity contribution in [3.8, 4) is 0 Å². The number of halogens is 1. The maximum Gasteiger partial charge on any atom is 0.151 e. The number of thioether (sulfide) groups is 1. The predicted octanol–water partition coefficient (Wildman–Crippen LogP) is 3.68. The van der Waals surface area contributed by atoms with E-state index >= 15 is 0 Å². The van der Waals surface area contributed by atoms with Crippen LogP contribution in [0.3, 0.4) is 0 Å². The summed E-state index contributed by atoms with van der Waals surface area (Å²) < 4.78 is 1.18. The Morgan fingerprint density at radius 2 is 2.20 bits per heavy atom. The third kappa shape index (κ3) is 2.27. The fourth-order valence-electron chi connectivity index (χ4n) is 1.30. The first-order valence-electron chi connectivity index (χ1n) is 4.31. The fraction of sp³-hybridized carbons (Fsp3) is 0.100. The van der Waals surface area contributed by atoms with E-state index in [4.69, 9.17) is 22.7 Å². The lowest BCUT2D eigenvalue weighted by atomic mass is 10.2. The van der Waals surface area contributed by atoms with Gasteiger partial charge >= 0.3 is 0 Å². The quantitative estimate of drug-likeness (QED) is 0.636. The molecule has 0 atom stereocenters. The average molecular weight is 257 g/mol. The third-order valence-corrected chi connectivity index (χ3v) is 4.60. The third-order valence-electron chi connectivity index (χ3n) is 1.96. The summed E-state index contributed by atoms with van der Waals surface area (Å²) in [6.07, 6.45) is 0. The normalized spacial score (nSPS) is 10.7. The Morgan fingerprint density at radius 3 is 2.87 bits per heavy atom. The molecule has 0 fully saturated rings. The molecule has 0 saturated carbocycles. The Balaban J connectivity index is 2.36. The van der Waals surface area contributed by atoms with E-state index in [9.17, 15) is 0 Å². The van der Waals surface area contributed by atoms with Crippen LogP contribution < -0.4 is 5.73 Å². The van der Waals surface area contributed by atoms with Crippen molar-refractivity contribution in [2.75, 3.05) is 0 Å². The predicted molar refractivity (Wildman–Crippen MR) is 70.0 cm³/mol. The maximum absolute atomic E-state index is 7.15. The van der Waals surface area contributed by atoms with Crippen LogP contribution in [0.15, 0.2) is 24.3 Å². The number of nitrogens with one attached hydrogen (secondary N) is 1. The fourth-order valence-corrected chi connectivity index (χ4v) is 3.52. The van der Waals surface area contributed by atoms with Gasteiger partial charge in [0, 0.05) is 20.7 Å². The van der Waals surface area contributed by atoms with Crippen molar-refractivity contribution < 1.29 is 0 Å². The van der Waals surface area contributed by atoms with Crippen molar-refractivity contribution in [2.45, 2.75) is 5.75 Å². The van der Waals surface area contributed by atoms with Gasteiger partial charge < -0.3 is 5.73 Å². The van der Waals surface area contributed by atoms with Crippen LogP contribution in [0.4, 0.5) is 0 Å². The molecule has 5 heteroatoms. The van der Waals surface area contributed by atoms with Crippen molar-refractivity contribution in [3.05, 3.63) is 34.2 Å². The van der Waals surface area contributed by atoms with E-state index in [2.05, 4.69) is 0 Å². The summed E-state index contributed by atoms with van der Waals surface area (Å²) in [5.41, 5.74) is 5.29. The standard InChI is InChI=1S/C10H9ClN2S2/c11-9-6-3-1-2-4-7(6)15-8(9)5-14-10(12)13/h1-4H,5H2,(H3,12,13). The molecule has 2 aromatic rings. The molecule has 3 N–H and O–H groups in total. The number of fused-ring (bicyclic) bond motifs is 1. The summed E-state index contributed by atoms with van der Waals surface area (Å²) in [6, 6.07) is 8.03. The summed E-state index contributed by atoms with van der Waals surface area (Å²) in [4.78, 5) is 1.08. The second-order valence-corrected chi connectivity index (χ2v) is 5.52. The average Bonchev–Trinajstić information content (AvgIpc) is 2.54. The molecule has 1 aromatic heterocycles. The highest BCUT2D eigenvalue weighted by Gasteiger charge is 2.09. The molecule has 0 aliphatic rings. The Morgan fingerprint density at radius 1 is 1.47 bits per heavy atom. The molecule has 15 heavy (non-hydrogen) atoms. The second-order valence-electron chi connectivity index (χ2n) is 2.99. The smallest absolute Gasteiger partial charge is 0.151 e. The lowest BCUT2D eigenvalue weighted by Gasteiger charge is -1.96. The van der Waals surface area contributed by atoms with Crippen LogP contribution in [0.5, 0.6) is 0 Å². The minimum Gasteiger partial charge on any atom is -0.379 e. The van der Waals surface area contributed by atoms with Crippen molar-refractivity contribution in [2.24, 2.45) is 5.73 Å². The molecule has 0 unspecified atom stereocenters. The van der Waals surface area contributed by atoms with Gasteiger partial charge in [0.25, 0.3) is 0 Å². The topological polar surface area (TPSA) is 49.9 Å². The number of nitrogens with two attached hydrogens (primary N) is 1. The highest BCUT2D eigenvalue weighted by molar-refractivity contribution is 8.13. The first-order valence-corrected chi connectivity index (χ1v) is 6.49. The van der Waals surface area contributed by atoms with Gasteiger partial charge in [-0.05, 0) is 6.07 Å². The largest absolute Gasteiger partial charge is 0.379 e. The van der Waals surface area contributed by atoms with Gasteiger partial charge in [0.15, 0.2) is 5.17 Å². The summed E-state index contributed by atoms with van der Waals surface area (Å²) in [5.74, 6) is 0.674. The number of hydrogen-bond acceptors (Lipinski definition) is 3. The van der Waals surface area contributed by atoms with Crippen LogP contribution in [0, 0.1) is 5.41 Å². The van der Waals surface area contributed by atoms with Gasteiger partial charge in [-0.2, -0.15) is 0 Å². The molecule has 2 nitrogen and oxygen atoms in total. The molecular formula is C10H9ClN2S2. The number of amidine groups is 1. The molecule has 0 aliphatic heterocycles. The van der Waals surface area contributed by atoms with Gasteiger partial charge in [0.05, 0.1) is 5.02 Å². The van der Waals surface area contributed by atoms with Crippen LogP contribution in [0.1, 0.15) is 4.88 Å². The van der Waals surface area contributed by atoms with Gasteiger partial charge in [0.2, 0.25) is 0 Å². The lowest BCUT2D eigenvalue weighted by molar-refractivity contribution is 1.49. The molecule has 78 valence electrons. The molecule has 0 amide bonds. The Bertz CT molecular complexity index is 507. The molecule has 2 rings (SSSR count). The number of thiophene rings is 1. The number of rotatable bonds is 2. The van der Waals surface area contributed by atoms with Gasteiger partial charge in [-0.15, -0.1) is 11.3 Å². The first kappa shape index (κ1) is 10.8. The van der Waals surface area contributed by atoms with Crippen LogP contribution in [-0.4, -0.2) is 5.17 Å². The zero-order valence-electron chi connectivity index (χ0n) is 7.79. The summed E-state index contributed by atoms with van der Waals surface area (Å²) >= 11 is 9.19. The van der Waals surface area contributed by atoms with Crippen LogP contribution in [0.25, 0.3) is 10.1 Å². The van der Waals surface area contributed by atoms with E-state index in [1.807, 2.05) is 24.3 Å². The maximum atomic E-state index is 7.15. The highest BCUT2D eigenvalue weighted by Crippen LogP contribution is 2.36. The second kappa shape index (κ2) is 4.43. The molecule has 0 spiro atoms. The van der Waals surface area contributed by atoms with Crippen molar-refractivity contribution >= 4 is 50.0 Å². The SMILES string of the molecule is N=C(N)SCc1sc2ccccc2c1Cl. The van der Waals surface area contributed by atoms with Crippen molar-refractivity contribution in [3.63, 3.8) is 0 Å². The van der Waals surface area contributed by atoms with Crippen molar-refractivity contribution in [1.29, 1.82) is 5.41 Å². The van der Waals surface area contributed by atoms with Crippen LogP contribution >= 0.6 is 34.7 Å². The minimum atomic E-state index is 0.128. The molecule has 1 heterocycles. The van der Waals surface area contributed by atoms with E-state index in [1.54, 1.807) is 11.3 Å². The lowest BCUT2D eigenvalue weighted by Crippen LogP contribution is -2.03. The molecule has 0 radical (unpaired) electrons. The number of benzene rings is 1. The molecule has 1 aromatic carbocycles. The van der Waals surface area contributed by atoms with E-state index in [0.717, 1.165) is 15.3 Å². The zero-order chi connectivity index (χ0) is 10.8. The van der Waals surface area contributed by atoms with Gasteiger partial charge in [-0.1, -0.05) is 41.6 Å². The first-order chi connectivity index (χ1) is 7.18. The molecule has 0 aliphatic carbocycles. The van der Waals surface area contributed by atoms with E-state index in [0.29, 0.717) is 5.75 Å². The van der Waals surface area contributed by atoms with Crippen LogP contribution in [-0.2, 0) is 5.75 Å². The molecule has 0 saturated heterocycles. The van der Waals surface area contributed by atoms with Gasteiger partial charge in [-0.3, -0.25) is 5.41 Å². The van der Waals surface area contributed by atoms with Gasteiger partial charge in [0.1, 0.15) is 0 Å². The Labute approximate surface area is 101 Å². The van der Waals surface area contributed by atoms with E-state index in [1.165, 1.54) is 16.5 Å². The van der Waals surface area contributed by atoms with Crippen molar-refractivity contribution in [1.82, 2.24) is 0 Å². The summed E-state index contributed by atoms with van der Waals surface area (Å²) in [7, 11) is 0. The minimum absolute atomic E-state index is 0.128. The Kier molecular flexibility index (Phi) is 3.19. The monoisotopic (exact) mass is 256 g/mol.